The molecule has 0 aliphatic carbocycles. The zero-order valence-corrected chi connectivity index (χ0v) is 8.76. The average molecular weight is 225 g/mol. The van der Waals surface area contributed by atoms with Crippen molar-refractivity contribution in [2.75, 3.05) is 0 Å². The second kappa shape index (κ2) is 3.68. The number of carbonyl (C=O) groups is 1. The number of fused-ring (bicyclic) bond motifs is 1. The van der Waals surface area contributed by atoms with Crippen LogP contribution in [0.15, 0.2) is 24.3 Å². The van der Waals surface area contributed by atoms with Gasteiger partial charge in [-0.05, 0) is 12.1 Å². The summed E-state index contributed by atoms with van der Waals surface area (Å²) < 4.78 is 0.955. The molecule has 0 spiro atoms. The van der Waals surface area contributed by atoms with Crippen molar-refractivity contribution in [3.8, 4) is 0 Å². The molecule has 1 heterocycles. The van der Waals surface area contributed by atoms with Crippen LogP contribution < -0.4 is 0 Å². The molecule has 5 heteroatoms. The highest BCUT2D eigenvalue weighted by molar-refractivity contribution is 7.96. The van der Waals surface area contributed by atoms with Gasteiger partial charge in [-0.15, -0.1) is 24.0 Å². The third kappa shape index (κ3) is 1.66. The molecule has 0 amide bonds. The Morgan fingerprint density at radius 2 is 2.21 bits per heavy atom. The van der Waals surface area contributed by atoms with Crippen LogP contribution in [0, 0.1) is 0 Å². The predicted octanol–water partition coefficient (Wildman–Crippen LogP) is 1.79. The minimum atomic E-state index is -1.21. The Morgan fingerprint density at radius 1 is 1.50 bits per heavy atom. The van der Waals surface area contributed by atoms with E-state index in [1.165, 1.54) is 11.3 Å². The number of rotatable bonds is 2. The lowest BCUT2D eigenvalue weighted by Crippen LogP contribution is -2.04. The third-order valence-corrected chi connectivity index (χ3v) is 3.11. The summed E-state index contributed by atoms with van der Waals surface area (Å²) in [6.45, 7) is 0. The van der Waals surface area contributed by atoms with Gasteiger partial charge in [-0.3, -0.25) is 4.79 Å². The Labute approximate surface area is 89.8 Å². The van der Waals surface area contributed by atoms with Crippen molar-refractivity contribution in [2.45, 2.75) is 6.10 Å². The predicted molar refractivity (Wildman–Crippen MR) is 58.6 cm³/mol. The van der Waals surface area contributed by atoms with E-state index in [2.05, 4.69) is 17.6 Å². The molecule has 0 aliphatic rings. The van der Waals surface area contributed by atoms with E-state index in [-0.39, 0.29) is 0 Å². The maximum atomic E-state index is 10.8. The van der Waals surface area contributed by atoms with Crippen molar-refractivity contribution in [3.63, 3.8) is 0 Å². The van der Waals surface area contributed by atoms with Crippen molar-refractivity contribution in [3.05, 3.63) is 29.3 Å². The molecule has 0 bridgehead atoms. The summed E-state index contributed by atoms with van der Waals surface area (Å²) in [5, 5.41) is 9.24. The highest BCUT2D eigenvalue weighted by Crippen LogP contribution is 2.26. The summed E-state index contributed by atoms with van der Waals surface area (Å²) >= 11 is 4.87. The highest BCUT2D eigenvalue weighted by Gasteiger charge is 2.17. The summed E-state index contributed by atoms with van der Waals surface area (Å²) in [7, 11) is 0. The second-order valence-electron chi connectivity index (χ2n) is 2.76. The number of hydrogen-bond acceptors (Lipinski definition) is 4. The highest BCUT2D eigenvalue weighted by atomic mass is 32.1. The van der Waals surface area contributed by atoms with Gasteiger partial charge in [-0.1, -0.05) is 12.1 Å². The number of thiazole rings is 1. The zero-order chi connectivity index (χ0) is 10.1. The standard InChI is InChI=1S/C9H7NO2S2/c11-7(9(12)13)8-10-5-3-1-2-4-6(5)14-8/h1-4,7,11H,(H,12,13)/t7-/m0/s1. The van der Waals surface area contributed by atoms with Gasteiger partial charge in [0.1, 0.15) is 5.01 Å². The van der Waals surface area contributed by atoms with Crippen LogP contribution in [0.3, 0.4) is 0 Å². The molecule has 0 aliphatic heterocycles. The minimum absolute atomic E-state index is 0.395. The molecule has 0 unspecified atom stereocenters. The average Bonchev–Trinajstić information content (AvgIpc) is 2.59. The van der Waals surface area contributed by atoms with Crippen LogP contribution in [0.1, 0.15) is 11.1 Å². The van der Waals surface area contributed by atoms with E-state index in [4.69, 9.17) is 0 Å². The molecular weight excluding hydrogens is 218 g/mol. The Bertz CT molecular complexity index is 447. The van der Waals surface area contributed by atoms with Gasteiger partial charge in [0.15, 0.2) is 6.10 Å². The first-order chi connectivity index (χ1) is 6.68. The number of aromatic nitrogens is 1. The monoisotopic (exact) mass is 225 g/mol. The summed E-state index contributed by atoms with van der Waals surface area (Å²) in [6, 6.07) is 7.48. The van der Waals surface area contributed by atoms with Crippen LogP contribution in [0.5, 0.6) is 0 Å². The summed E-state index contributed by atoms with van der Waals surface area (Å²) in [5.74, 6) is 0. The van der Waals surface area contributed by atoms with Crippen molar-refractivity contribution in [2.24, 2.45) is 0 Å². The van der Waals surface area contributed by atoms with E-state index in [9.17, 15) is 9.90 Å². The molecule has 72 valence electrons. The number of nitrogens with zero attached hydrogens (tertiary/aromatic N) is 1. The Kier molecular flexibility index (Phi) is 2.54. The van der Waals surface area contributed by atoms with E-state index >= 15 is 0 Å². The van der Waals surface area contributed by atoms with Crippen LogP contribution >= 0.6 is 24.0 Å². The molecule has 0 fully saturated rings. The van der Waals surface area contributed by atoms with E-state index in [0.29, 0.717) is 5.01 Å². The maximum Gasteiger partial charge on any atom is 0.221 e. The number of carbonyl (C=O) groups excluding carboxylic acids is 1. The molecule has 1 aromatic carbocycles. The number of para-hydroxylation sites is 1. The van der Waals surface area contributed by atoms with E-state index < -0.39 is 11.2 Å². The number of thiol groups is 1. The molecule has 2 rings (SSSR count). The minimum Gasteiger partial charge on any atom is -0.377 e. The Hall–Kier alpha value is -0.910. The number of aliphatic hydroxyl groups excluding tert-OH is 1. The van der Waals surface area contributed by atoms with Gasteiger partial charge in [-0.25, -0.2) is 4.98 Å². The van der Waals surface area contributed by atoms with Crippen LogP contribution in [-0.2, 0) is 4.79 Å². The molecule has 1 N–H and O–H groups in total. The van der Waals surface area contributed by atoms with Gasteiger partial charge in [0.05, 0.1) is 10.2 Å². The topological polar surface area (TPSA) is 50.2 Å². The van der Waals surface area contributed by atoms with Crippen LogP contribution in [0.4, 0.5) is 0 Å². The van der Waals surface area contributed by atoms with Crippen LogP contribution in [0.25, 0.3) is 10.2 Å². The molecule has 1 aromatic heterocycles. The molecule has 0 saturated carbocycles. The van der Waals surface area contributed by atoms with E-state index in [0.717, 1.165) is 10.2 Å². The first-order valence-corrected chi connectivity index (χ1v) is 5.21. The van der Waals surface area contributed by atoms with E-state index in [1.807, 2.05) is 24.3 Å². The van der Waals surface area contributed by atoms with Crippen molar-refractivity contribution < 1.29 is 9.90 Å². The normalized spacial score (nSPS) is 13.0. The molecular formula is C9H7NO2S2. The van der Waals surface area contributed by atoms with E-state index in [1.54, 1.807) is 0 Å². The summed E-state index contributed by atoms with van der Waals surface area (Å²) in [5.41, 5.74) is 0.793. The second-order valence-corrected chi connectivity index (χ2v) is 4.26. The van der Waals surface area contributed by atoms with Crippen molar-refractivity contribution in [1.82, 2.24) is 4.98 Å². The molecule has 3 nitrogen and oxygen atoms in total. The van der Waals surface area contributed by atoms with Gasteiger partial charge in [0.25, 0.3) is 0 Å². The lowest BCUT2D eigenvalue weighted by atomic mass is 10.3. The Balaban J connectivity index is 2.50. The van der Waals surface area contributed by atoms with Crippen molar-refractivity contribution in [1.29, 1.82) is 0 Å². The Morgan fingerprint density at radius 3 is 2.86 bits per heavy atom. The van der Waals surface area contributed by atoms with Crippen LogP contribution in [-0.4, -0.2) is 15.2 Å². The fraction of sp³-hybridized carbons (Fsp3) is 0.111. The molecule has 0 radical (unpaired) electrons. The number of benzene rings is 1. The number of hydrogen-bond donors (Lipinski definition) is 2. The first-order valence-electron chi connectivity index (χ1n) is 3.95. The summed E-state index contributed by atoms with van der Waals surface area (Å²) in [6.07, 6.45) is -1.21. The zero-order valence-electron chi connectivity index (χ0n) is 7.04. The number of aliphatic hydroxyl groups is 1. The van der Waals surface area contributed by atoms with Crippen LogP contribution in [0.2, 0.25) is 0 Å². The van der Waals surface area contributed by atoms with Gasteiger partial charge < -0.3 is 5.11 Å². The molecule has 1 atom stereocenters. The molecule has 0 saturated heterocycles. The molecule has 14 heavy (non-hydrogen) atoms. The fourth-order valence-corrected chi connectivity index (χ4v) is 2.28. The third-order valence-electron chi connectivity index (χ3n) is 1.78. The smallest absolute Gasteiger partial charge is 0.221 e. The maximum absolute atomic E-state index is 10.8. The quantitative estimate of drug-likeness (QED) is 0.766. The molecule has 2 aromatic rings. The summed E-state index contributed by atoms with van der Waals surface area (Å²) in [4.78, 5) is 14.9. The van der Waals surface area contributed by atoms with Gasteiger partial charge in [0, 0.05) is 0 Å². The fourth-order valence-electron chi connectivity index (χ4n) is 1.11. The lowest BCUT2D eigenvalue weighted by Gasteiger charge is -1.98. The SMILES string of the molecule is O=C(S)[C@@H](O)c1nc2ccccc2s1. The van der Waals surface area contributed by atoms with Crippen molar-refractivity contribution >= 4 is 39.3 Å². The van der Waals surface area contributed by atoms with Gasteiger partial charge >= 0.3 is 0 Å². The largest absolute Gasteiger partial charge is 0.377 e. The lowest BCUT2D eigenvalue weighted by molar-refractivity contribution is -0.118. The van der Waals surface area contributed by atoms with Gasteiger partial charge in [0.2, 0.25) is 5.12 Å². The van der Waals surface area contributed by atoms with Gasteiger partial charge in [-0.2, -0.15) is 0 Å². The first kappa shape index (κ1) is 9.64.